The average Bonchev–Trinajstić information content (AvgIpc) is 2.01. The minimum Gasteiger partial charge on any atom is -0.324 e. The molecule has 78 valence electrons. The van der Waals surface area contributed by atoms with Crippen LogP contribution in [0, 0.1) is 20.8 Å². The molecule has 0 aliphatic heterocycles. The van der Waals surface area contributed by atoms with E-state index in [1.165, 1.54) is 16.7 Å². The van der Waals surface area contributed by atoms with Gasteiger partial charge in [0.1, 0.15) is 0 Å². The Labute approximate surface area is 85.1 Å². The van der Waals surface area contributed by atoms with Gasteiger partial charge in [-0.25, -0.2) is 0 Å². The predicted octanol–water partition coefficient (Wildman–Crippen LogP) is 2.97. The van der Waals surface area contributed by atoms with E-state index in [4.69, 9.17) is 5.73 Å². The van der Waals surface area contributed by atoms with Crippen LogP contribution in [0.4, 0.5) is 4.39 Å². The van der Waals surface area contributed by atoms with Gasteiger partial charge in [0, 0.05) is 6.04 Å². The Balaban J connectivity index is 3.07. The van der Waals surface area contributed by atoms with Crippen molar-refractivity contribution in [2.45, 2.75) is 33.2 Å². The molecule has 14 heavy (non-hydrogen) atoms. The highest BCUT2D eigenvalue weighted by molar-refractivity contribution is 5.39. The second-order valence-corrected chi connectivity index (χ2v) is 3.90. The number of rotatable bonds is 3. The zero-order chi connectivity index (χ0) is 10.7. The van der Waals surface area contributed by atoms with Gasteiger partial charge in [-0.3, -0.25) is 4.39 Å². The van der Waals surface area contributed by atoms with E-state index >= 15 is 0 Å². The van der Waals surface area contributed by atoms with Crippen molar-refractivity contribution in [2.24, 2.45) is 5.73 Å². The van der Waals surface area contributed by atoms with E-state index in [-0.39, 0.29) is 12.7 Å². The molecule has 0 radical (unpaired) electrons. The maximum absolute atomic E-state index is 12.2. The Hall–Kier alpha value is -0.890. The fraction of sp³-hybridized carbons (Fsp3) is 0.500. The van der Waals surface area contributed by atoms with Gasteiger partial charge in [0.25, 0.3) is 0 Å². The second kappa shape index (κ2) is 4.56. The molecule has 0 saturated carbocycles. The number of halogens is 1. The Morgan fingerprint density at radius 2 is 1.71 bits per heavy atom. The Morgan fingerprint density at radius 1 is 1.21 bits per heavy atom. The highest BCUT2D eigenvalue weighted by Crippen LogP contribution is 2.23. The first-order valence-electron chi connectivity index (χ1n) is 4.95. The van der Waals surface area contributed by atoms with Crippen LogP contribution in [0.5, 0.6) is 0 Å². The topological polar surface area (TPSA) is 26.0 Å². The lowest BCUT2D eigenvalue weighted by molar-refractivity contribution is 0.441. The summed E-state index contributed by atoms with van der Waals surface area (Å²) in [7, 11) is 0. The number of aryl methyl sites for hydroxylation is 3. The van der Waals surface area contributed by atoms with Gasteiger partial charge in [-0.2, -0.15) is 0 Å². The first kappa shape index (κ1) is 11.2. The summed E-state index contributed by atoms with van der Waals surface area (Å²) in [5.41, 5.74) is 10.6. The lowest BCUT2D eigenvalue weighted by atomic mass is 9.93. The molecule has 1 nitrogen and oxygen atoms in total. The third kappa shape index (κ3) is 2.32. The number of alkyl halides is 1. The fourth-order valence-electron chi connectivity index (χ4n) is 2.04. The Bertz CT molecular complexity index is 297. The minimum atomic E-state index is -0.353. The smallest absolute Gasteiger partial charge is 0.0912 e. The van der Waals surface area contributed by atoms with Crippen LogP contribution in [0.25, 0.3) is 0 Å². The van der Waals surface area contributed by atoms with Crippen molar-refractivity contribution in [1.82, 2.24) is 0 Å². The monoisotopic (exact) mass is 195 g/mol. The molecule has 0 spiro atoms. The molecule has 0 fully saturated rings. The van der Waals surface area contributed by atoms with Crippen LogP contribution in [0.3, 0.4) is 0 Å². The van der Waals surface area contributed by atoms with E-state index in [1.54, 1.807) is 0 Å². The van der Waals surface area contributed by atoms with Crippen LogP contribution in [0.1, 0.15) is 34.7 Å². The average molecular weight is 195 g/mol. The van der Waals surface area contributed by atoms with Crippen LogP contribution < -0.4 is 5.73 Å². The molecule has 0 bridgehead atoms. The highest BCUT2D eigenvalue weighted by atomic mass is 19.1. The van der Waals surface area contributed by atoms with Crippen molar-refractivity contribution in [3.05, 3.63) is 34.4 Å². The molecule has 0 aliphatic rings. The zero-order valence-electron chi connectivity index (χ0n) is 9.10. The van der Waals surface area contributed by atoms with E-state index < -0.39 is 0 Å². The molecule has 1 rings (SSSR count). The van der Waals surface area contributed by atoms with Crippen LogP contribution >= 0.6 is 0 Å². The molecular weight excluding hydrogens is 177 g/mol. The minimum absolute atomic E-state index is 0.166. The highest BCUT2D eigenvalue weighted by Gasteiger charge is 2.11. The van der Waals surface area contributed by atoms with Gasteiger partial charge < -0.3 is 5.73 Å². The molecule has 0 heterocycles. The van der Waals surface area contributed by atoms with Crippen molar-refractivity contribution in [2.75, 3.05) is 6.67 Å². The van der Waals surface area contributed by atoms with E-state index in [0.29, 0.717) is 6.42 Å². The Kier molecular flexibility index (Phi) is 3.64. The number of benzene rings is 1. The summed E-state index contributed by atoms with van der Waals surface area (Å²) in [6.07, 6.45) is 0.407. The third-order valence-corrected chi connectivity index (χ3v) is 2.53. The molecular formula is C12H18FN. The molecule has 0 aliphatic carbocycles. The van der Waals surface area contributed by atoms with Crippen LogP contribution in [0.15, 0.2) is 12.1 Å². The molecule has 1 atom stereocenters. The summed E-state index contributed by atoms with van der Waals surface area (Å²) in [5.74, 6) is 0. The molecule has 2 N–H and O–H groups in total. The van der Waals surface area contributed by atoms with Crippen molar-refractivity contribution < 1.29 is 4.39 Å². The summed E-state index contributed by atoms with van der Waals surface area (Å²) < 4.78 is 12.2. The lowest BCUT2D eigenvalue weighted by Crippen LogP contribution is -2.14. The van der Waals surface area contributed by atoms with Gasteiger partial charge in [0.15, 0.2) is 0 Å². The summed E-state index contributed by atoms with van der Waals surface area (Å²) in [5, 5.41) is 0. The third-order valence-electron chi connectivity index (χ3n) is 2.53. The molecule has 1 aromatic carbocycles. The van der Waals surface area contributed by atoms with Crippen molar-refractivity contribution in [3.63, 3.8) is 0 Å². The SMILES string of the molecule is Cc1cc(C)c([C@@H](N)CCF)c(C)c1. The number of nitrogens with two attached hydrogens (primary N) is 1. The summed E-state index contributed by atoms with van der Waals surface area (Å²) in [6, 6.07) is 4.03. The van der Waals surface area contributed by atoms with Gasteiger partial charge in [-0.05, 0) is 43.9 Å². The van der Waals surface area contributed by atoms with Crippen LogP contribution in [0.2, 0.25) is 0 Å². The number of hydrogen-bond acceptors (Lipinski definition) is 1. The second-order valence-electron chi connectivity index (χ2n) is 3.90. The van der Waals surface area contributed by atoms with E-state index in [0.717, 1.165) is 5.56 Å². The normalized spacial score (nSPS) is 12.9. The number of hydrogen-bond donors (Lipinski definition) is 1. The molecule has 0 amide bonds. The van der Waals surface area contributed by atoms with Gasteiger partial charge in [0.05, 0.1) is 6.67 Å². The van der Waals surface area contributed by atoms with Crippen LogP contribution in [-0.2, 0) is 0 Å². The summed E-state index contributed by atoms with van der Waals surface area (Å²) >= 11 is 0. The first-order chi connectivity index (χ1) is 6.56. The molecule has 1 aromatic rings. The molecule has 0 saturated heterocycles. The van der Waals surface area contributed by atoms with Gasteiger partial charge >= 0.3 is 0 Å². The van der Waals surface area contributed by atoms with Gasteiger partial charge in [-0.15, -0.1) is 0 Å². The quantitative estimate of drug-likeness (QED) is 0.788. The maximum Gasteiger partial charge on any atom is 0.0912 e. The van der Waals surface area contributed by atoms with Crippen LogP contribution in [-0.4, -0.2) is 6.67 Å². The largest absolute Gasteiger partial charge is 0.324 e. The fourth-order valence-corrected chi connectivity index (χ4v) is 2.04. The summed E-state index contributed by atoms with van der Waals surface area (Å²) in [6.45, 7) is 5.78. The van der Waals surface area contributed by atoms with E-state index in [2.05, 4.69) is 19.1 Å². The Morgan fingerprint density at radius 3 is 2.14 bits per heavy atom. The van der Waals surface area contributed by atoms with Crippen molar-refractivity contribution in [1.29, 1.82) is 0 Å². The predicted molar refractivity (Wildman–Crippen MR) is 58.2 cm³/mol. The lowest BCUT2D eigenvalue weighted by Gasteiger charge is -2.17. The first-order valence-corrected chi connectivity index (χ1v) is 4.95. The molecule has 0 aromatic heterocycles. The maximum atomic E-state index is 12.2. The van der Waals surface area contributed by atoms with Crippen molar-refractivity contribution in [3.8, 4) is 0 Å². The molecule has 2 heteroatoms. The van der Waals surface area contributed by atoms with E-state index in [9.17, 15) is 4.39 Å². The van der Waals surface area contributed by atoms with Crippen molar-refractivity contribution >= 4 is 0 Å². The summed E-state index contributed by atoms with van der Waals surface area (Å²) in [4.78, 5) is 0. The zero-order valence-corrected chi connectivity index (χ0v) is 9.10. The van der Waals surface area contributed by atoms with E-state index in [1.807, 2.05) is 13.8 Å². The van der Waals surface area contributed by atoms with Gasteiger partial charge in [0.2, 0.25) is 0 Å². The van der Waals surface area contributed by atoms with Gasteiger partial charge in [-0.1, -0.05) is 17.7 Å². The standard InChI is InChI=1S/C12H18FN/c1-8-6-9(2)12(10(3)7-8)11(14)4-5-13/h6-7,11H,4-5,14H2,1-3H3/t11-/m0/s1. The molecule has 0 unspecified atom stereocenters.